The zero-order chi connectivity index (χ0) is 17.7. The second-order valence-electron chi connectivity index (χ2n) is 6.87. The van der Waals surface area contributed by atoms with E-state index in [-0.39, 0.29) is 4.90 Å². The van der Waals surface area contributed by atoms with Crippen LogP contribution in [0.2, 0.25) is 0 Å². The molecular weight excluding hydrogens is 340 g/mol. The SMILES string of the molecule is COc1ccc(S(=O)(=O)NC[C@@H]2CCCN(C3CCOCC3)C2)cc1. The van der Waals surface area contributed by atoms with E-state index in [1.54, 1.807) is 31.4 Å². The zero-order valence-electron chi connectivity index (χ0n) is 14.8. The van der Waals surface area contributed by atoms with Crippen LogP contribution in [0.5, 0.6) is 5.75 Å². The van der Waals surface area contributed by atoms with Gasteiger partial charge in [0, 0.05) is 32.3 Å². The lowest BCUT2D eigenvalue weighted by atomic mass is 9.95. The number of nitrogens with one attached hydrogen (secondary N) is 1. The van der Waals surface area contributed by atoms with Gasteiger partial charge in [-0.2, -0.15) is 0 Å². The first kappa shape index (κ1) is 18.6. The predicted octanol–water partition coefficient (Wildman–Crippen LogP) is 1.86. The van der Waals surface area contributed by atoms with Gasteiger partial charge in [0.05, 0.1) is 12.0 Å². The van der Waals surface area contributed by atoms with Crippen LogP contribution >= 0.6 is 0 Å². The van der Waals surface area contributed by atoms with E-state index in [0.29, 0.717) is 24.3 Å². The molecule has 0 unspecified atom stereocenters. The normalized spacial score (nSPS) is 23.5. The molecule has 7 heteroatoms. The van der Waals surface area contributed by atoms with Crippen LogP contribution in [0, 0.1) is 5.92 Å². The van der Waals surface area contributed by atoms with Gasteiger partial charge in [0.15, 0.2) is 0 Å². The molecule has 2 saturated heterocycles. The molecule has 0 aliphatic carbocycles. The van der Waals surface area contributed by atoms with E-state index in [1.807, 2.05) is 0 Å². The quantitative estimate of drug-likeness (QED) is 0.830. The molecule has 6 nitrogen and oxygen atoms in total. The molecule has 1 atom stereocenters. The Labute approximate surface area is 150 Å². The van der Waals surface area contributed by atoms with E-state index in [4.69, 9.17) is 9.47 Å². The van der Waals surface area contributed by atoms with Crippen molar-refractivity contribution in [3.05, 3.63) is 24.3 Å². The summed E-state index contributed by atoms with van der Waals surface area (Å²) in [6, 6.07) is 7.09. The number of ether oxygens (including phenoxy) is 2. The number of sulfonamides is 1. The van der Waals surface area contributed by atoms with Gasteiger partial charge < -0.3 is 9.47 Å². The molecule has 2 aliphatic heterocycles. The molecule has 2 aliphatic rings. The van der Waals surface area contributed by atoms with Gasteiger partial charge in [-0.25, -0.2) is 13.1 Å². The minimum absolute atomic E-state index is 0.283. The van der Waals surface area contributed by atoms with Crippen molar-refractivity contribution < 1.29 is 17.9 Å². The minimum Gasteiger partial charge on any atom is -0.497 e. The molecule has 0 bridgehead atoms. The molecule has 1 aromatic carbocycles. The molecule has 25 heavy (non-hydrogen) atoms. The first-order valence-corrected chi connectivity index (χ1v) is 10.5. The van der Waals surface area contributed by atoms with Gasteiger partial charge >= 0.3 is 0 Å². The van der Waals surface area contributed by atoms with E-state index in [0.717, 1.165) is 52.0 Å². The van der Waals surface area contributed by atoms with Gasteiger partial charge in [-0.05, 0) is 62.4 Å². The minimum atomic E-state index is -3.47. The fourth-order valence-corrected chi connectivity index (χ4v) is 4.83. The Balaban J connectivity index is 1.54. The number of hydrogen-bond acceptors (Lipinski definition) is 5. The largest absolute Gasteiger partial charge is 0.497 e. The molecular formula is C18H28N2O4S. The molecule has 3 rings (SSSR count). The highest BCUT2D eigenvalue weighted by Crippen LogP contribution is 2.23. The highest BCUT2D eigenvalue weighted by atomic mass is 32.2. The van der Waals surface area contributed by atoms with Crippen molar-refractivity contribution in [2.24, 2.45) is 5.92 Å². The van der Waals surface area contributed by atoms with Gasteiger partial charge in [-0.3, -0.25) is 4.90 Å². The number of piperidine rings is 1. The number of benzene rings is 1. The van der Waals surface area contributed by atoms with Crippen LogP contribution in [0.3, 0.4) is 0 Å². The molecule has 0 amide bonds. The molecule has 0 saturated carbocycles. The number of likely N-dealkylation sites (tertiary alicyclic amines) is 1. The Kier molecular flexibility index (Phi) is 6.33. The molecule has 140 valence electrons. The summed E-state index contributed by atoms with van der Waals surface area (Å²) in [6.07, 6.45) is 4.38. The fourth-order valence-electron chi connectivity index (χ4n) is 3.71. The maximum Gasteiger partial charge on any atom is 0.240 e. The summed E-state index contributed by atoms with van der Waals surface area (Å²) in [5, 5.41) is 0. The summed E-state index contributed by atoms with van der Waals surface area (Å²) in [5.41, 5.74) is 0. The standard InChI is InChI=1S/C18H28N2O4S/c1-23-17-4-6-18(7-5-17)25(21,22)19-13-15-3-2-10-20(14-15)16-8-11-24-12-9-16/h4-7,15-16,19H,2-3,8-14H2,1H3/t15-/m0/s1. The van der Waals surface area contributed by atoms with Crippen LogP contribution < -0.4 is 9.46 Å². The lowest BCUT2D eigenvalue weighted by molar-refractivity contribution is 0.0183. The molecule has 0 spiro atoms. The zero-order valence-corrected chi connectivity index (χ0v) is 15.6. The van der Waals surface area contributed by atoms with Crippen LogP contribution in [0.1, 0.15) is 25.7 Å². The third-order valence-corrected chi connectivity index (χ3v) is 6.63. The summed E-state index contributed by atoms with van der Waals surface area (Å²) < 4.78 is 38.3. The molecule has 0 radical (unpaired) electrons. The number of methoxy groups -OCH3 is 1. The van der Waals surface area contributed by atoms with Crippen LogP contribution in [-0.2, 0) is 14.8 Å². The van der Waals surface area contributed by atoms with Gasteiger partial charge in [0.25, 0.3) is 0 Å². The molecule has 2 fully saturated rings. The van der Waals surface area contributed by atoms with Crippen LogP contribution in [0.25, 0.3) is 0 Å². The Morgan fingerprint density at radius 1 is 1.20 bits per heavy atom. The lowest BCUT2D eigenvalue weighted by Gasteiger charge is -2.40. The highest BCUT2D eigenvalue weighted by molar-refractivity contribution is 7.89. The first-order valence-electron chi connectivity index (χ1n) is 9.04. The summed E-state index contributed by atoms with van der Waals surface area (Å²) in [7, 11) is -1.91. The summed E-state index contributed by atoms with van der Waals surface area (Å²) in [5.74, 6) is 1.02. The Morgan fingerprint density at radius 3 is 2.60 bits per heavy atom. The van der Waals surface area contributed by atoms with E-state index < -0.39 is 10.0 Å². The topological polar surface area (TPSA) is 67.9 Å². The Morgan fingerprint density at radius 2 is 1.92 bits per heavy atom. The molecule has 0 aromatic heterocycles. The lowest BCUT2D eigenvalue weighted by Crippen LogP contribution is -2.47. The smallest absolute Gasteiger partial charge is 0.240 e. The second kappa shape index (κ2) is 8.49. The van der Waals surface area contributed by atoms with Gasteiger partial charge in [-0.15, -0.1) is 0 Å². The second-order valence-corrected chi connectivity index (χ2v) is 8.64. The fraction of sp³-hybridized carbons (Fsp3) is 0.667. The van der Waals surface area contributed by atoms with Crippen molar-refractivity contribution in [2.45, 2.75) is 36.6 Å². The molecule has 1 N–H and O–H groups in total. The maximum atomic E-state index is 12.5. The molecule has 2 heterocycles. The van der Waals surface area contributed by atoms with Gasteiger partial charge in [0.2, 0.25) is 10.0 Å². The van der Waals surface area contributed by atoms with E-state index in [2.05, 4.69) is 9.62 Å². The van der Waals surface area contributed by atoms with E-state index in [9.17, 15) is 8.42 Å². The Bertz CT molecular complexity index is 642. The average molecular weight is 368 g/mol. The third kappa shape index (κ3) is 4.94. The number of hydrogen-bond donors (Lipinski definition) is 1. The Hall–Kier alpha value is -1.15. The third-order valence-electron chi connectivity index (χ3n) is 5.19. The van der Waals surface area contributed by atoms with E-state index in [1.165, 1.54) is 0 Å². The number of rotatable bonds is 6. The van der Waals surface area contributed by atoms with E-state index >= 15 is 0 Å². The monoisotopic (exact) mass is 368 g/mol. The van der Waals surface area contributed by atoms with Gasteiger partial charge in [0.1, 0.15) is 5.75 Å². The van der Waals surface area contributed by atoms with Crippen molar-refractivity contribution in [3.63, 3.8) is 0 Å². The van der Waals surface area contributed by atoms with Crippen molar-refractivity contribution in [2.75, 3.05) is 40.0 Å². The maximum absolute atomic E-state index is 12.5. The first-order chi connectivity index (χ1) is 12.1. The summed E-state index contributed by atoms with van der Waals surface area (Å²) >= 11 is 0. The average Bonchev–Trinajstić information content (AvgIpc) is 2.67. The van der Waals surface area contributed by atoms with Crippen molar-refractivity contribution in [3.8, 4) is 5.75 Å². The van der Waals surface area contributed by atoms with Crippen molar-refractivity contribution >= 4 is 10.0 Å². The summed E-state index contributed by atoms with van der Waals surface area (Å²) in [4.78, 5) is 2.81. The van der Waals surface area contributed by atoms with Crippen LogP contribution in [0.4, 0.5) is 0 Å². The van der Waals surface area contributed by atoms with Crippen molar-refractivity contribution in [1.29, 1.82) is 0 Å². The van der Waals surface area contributed by atoms with Crippen LogP contribution in [0.15, 0.2) is 29.2 Å². The van der Waals surface area contributed by atoms with Gasteiger partial charge in [-0.1, -0.05) is 0 Å². The molecule has 1 aromatic rings. The highest BCUT2D eigenvalue weighted by Gasteiger charge is 2.28. The van der Waals surface area contributed by atoms with Crippen molar-refractivity contribution in [1.82, 2.24) is 9.62 Å². The number of nitrogens with zero attached hydrogens (tertiary/aromatic N) is 1. The predicted molar refractivity (Wildman–Crippen MR) is 96.3 cm³/mol. The van der Waals surface area contributed by atoms with Crippen LogP contribution in [-0.4, -0.2) is 59.3 Å². The summed E-state index contributed by atoms with van der Waals surface area (Å²) in [6.45, 7) is 4.27.